The second-order valence-electron chi connectivity index (χ2n) is 4.20. The quantitative estimate of drug-likeness (QED) is 0.656. The zero-order valence-electron chi connectivity index (χ0n) is 10.1. The van der Waals surface area contributed by atoms with Crippen molar-refractivity contribution < 1.29 is 0 Å². The highest BCUT2D eigenvalue weighted by Gasteiger charge is 2.08. The fraction of sp³-hybridized carbons (Fsp3) is 0.231. The van der Waals surface area contributed by atoms with Crippen molar-refractivity contribution in [3.8, 4) is 10.6 Å². The number of nitrogens with zero attached hydrogens (tertiary/aromatic N) is 3. The molecular weight excluding hydrogens is 230 g/mol. The molecule has 0 amide bonds. The molecule has 0 saturated heterocycles. The molecule has 3 aromatic rings. The van der Waals surface area contributed by atoms with Crippen molar-refractivity contribution in [2.24, 2.45) is 0 Å². The lowest BCUT2D eigenvalue weighted by atomic mass is 10.3. The molecule has 0 fully saturated rings. The molecule has 17 heavy (non-hydrogen) atoms. The molecule has 3 nitrogen and oxygen atoms in total. The Morgan fingerprint density at radius 3 is 2.65 bits per heavy atom. The lowest BCUT2D eigenvalue weighted by Crippen LogP contribution is -1.91. The number of hydrogen-bond donors (Lipinski definition) is 0. The lowest BCUT2D eigenvalue weighted by Gasteiger charge is -1.98. The van der Waals surface area contributed by atoms with Crippen LogP contribution in [0.2, 0.25) is 0 Å². The fourth-order valence-corrected chi connectivity index (χ4v) is 2.70. The summed E-state index contributed by atoms with van der Waals surface area (Å²) in [5.74, 6) is 0. The number of aromatic nitrogens is 3. The fourth-order valence-electron chi connectivity index (χ4n) is 1.86. The summed E-state index contributed by atoms with van der Waals surface area (Å²) < 4.78 is 1.84. The van der Waals surface area contributed by atoms with Gasteiger partial charge < -0.3 is 0 Å². The summed E-state index contributed by atoms with van der Waals surface area (Å²) in [6.07, 6.45) is 1.98. The maximum absolute atomic E-state index is 4.69. The van der Waals surface area contributed by atoms with Crippen LogP contribution in [0.4, 0.5) is 0 Å². The zero-order chi connectivity index (χ0) is 12.0. The van der Waals surface area contributed by atoms with Crippen molar-refractivity contribution in [2.45, 2.75) is 20.8 Å². The highest BCUT2D eigenvalue weighted by atomic mass is 32.1. The van der Waals surface area contributed by atoms with Gasteiger partial charge in [-0.15, -0.1) is 11.3 Å². The largest absolute Gasteiger partial charge is 0.227 e. The minimum absolute atomic E-state index is 0.950. The van der Waals surface area contributed by atoms with Gasteiger partial charge in [-0.05, 0) is 39.0 Å². The first-order valence-electron chi connectivity index (χ1n) is 5.54. The standard InChI is InChI=1S/C13H13N3S/c1-8-4-5-12(17-8)11-6-7-16-13(14-11)9(2)10(3)15-16/h4-7H,1-3H3. The van der Waals surface area contributed by atoms with Crippen LogP contribution in [-0.2, 0) is 0 Å². The van der Waals surface area contributed by atoms with Crippen molar-refractivity contribution in [2.75, 3.05) is 0 Å². The lowest BCUT2D eigenvalue weighted by molar-refractivity contribution is 0.918. The summed E-state index contributed by atoms with van der Waals surface area (Å²) in [6, 6.07) is 6.27. The molecule has 0 unspecified atom stereocenters. The SMILES string of the molecule is Cc1ccc(-c2ccn3nc(C)c(C)c3n2)s1. The highest BCUT2D eigenvalue weighted by molar-refractivity contribution is 7.15. The minimum Gasteiger partial charge on any atom is -0.227 e. The average molecular weight is 243 g/mol. The Hall–Kier alpha value is -1.68. The molecule has 4 heteroatoms. The first-order valence-corrected chi connectivity index (χ1v) is 6.36. The predicted octanol–water partition coefficient (Wildman–Crippen LogP) is 3.38. The Balaban J connectivity index is 2.22. The van der Waals surface area contributed by atoms with Gasteiger partial charge in [0.25, 0.3) is 0 Å². The number of aryl methyl sites for hydroxylation is 3. The van der Waals surface area contributed by atoms with E-state index in [0.717, 1.165) is 22.6 Å². The third-order valence-electron chi connectivity index (χ3n) is 2.95. The van der Waals surface area contributed by atoms with Crippen LogP contribution in [0.25, 0.3) is 16.2 Å². The zero-order valence-corrected chi connectivity index (χ0v) is 10.9. The van der Waals surface area contributed by atoms with Gasteiger partial charge in [0.1, 0.15) is 0 Å². The minimum atomic E-state index is 0.950. The molecule has 0 aliphatic carbocycles. The van der Waals surface area contributed by atoms with Gasteiger partial charge in [0.2, 0.25) is 0 Å². The van der Waals surface area contributed by atoms with Gasteiger partial charge in [-0.2, -0.15) is 5.10 Å². The van der Waals surface area contributed by atoms with Crippen LogP contribution < -0.4 is 0 Å². The van der Waals surface area contributed by atoms with Crippen LogP contribution >= 0.6 is 11.3 Å². The van der Waals surface area contributed by atoms with Crippen LogP contribution in [0.15, 0.2) is 24.4 Å². The molecule has 0 aliphatic rings. The van der Waals surface area contributed by atoms with Gasteiger partial charge in [-0.3, -0.25) is 0 Å². The summed E-state index contributed by atoms with van der Waals surface area (Å²) in [6.45, 7) is 6.19. The molecular formula is C13H13N3S. The molecule has 0 atom stereocenters. The molecule has 0 radical (unpaired) electrons. The second kappa shape index (κ2) is 3.67. The van der Waals surface area contributed by atoms with E-state index in [-0.39, 0.29) is 0 Å². The van der Waals surface area contributed by atoms with E-state index in [1.54, 1.807) is 11.3 Å². The summed E-state index contributed by atoms with van der Waals surface area (Å²) in [7, 11) is 0. The van der Waals surface area contributed by atoms with Crippen molar-refractivity contribution in [3.63, 3.8) is 0 Å². The molecule has 0 N–H and O–H groups in total. The van der Waals surface area contributed by atoms with Crippen LogP contribution in [0.5, 0.6) is 0 Å². The van der Waals surface area contributed by atoms with Crippen molar-refractivity contribution in [1.29, 1.82) is 0 Å². The van der Waals surface area contributed by atoms with E-state index in [2.05, 4.69) is 31.1 Å². The molecule has 3 heterocycles. The molecule has 3 aromatic heterocycles. The van der Waals surface area contributed by atoms with Gasteiger partial charge in [0, 0.05) is 16.6 Å². The smallest absolute Gasteiger partial charge is 0.158 e. The third kappa shape index (κ3) is 1.65. The first-order chi connectivity index (χ1) is 8.15. The number of fused-ring (bicyclic) bond motifs is 1. The van der Waals surface area contributed by atoms with E-state index in [4.69, 9.17) is 4.98 Å². The molecule has 0 spiro atoms. The number of thiophene rings is 1. The van der Waals surface area contributed by atoms with Gasteiger partial charge in [-0.1, -0.05) is 0 Å². The number of rotatable bonds is 1. The van der Waals surface area contributed by atoms with E-state index < -0.39 is 0 Å². The Kier molecular flexibility index (Phi) is 2.26. The van der Waals surface area contributed by atoms with Gasteiger partial charge in [0.15, 0.2) is 5.65 Å². The van der Waals surface area contributed by atoms with Crippen LogP contribution in [0, 0.1) is 20.8 Å². The van der Waals surface area contributed by atoms with Gasteiger partial charge in [-0.25, -0.2) is 9.50 Å². The van der Waals surface area contributed by atoms with E-state index >= 15 is 0 Å². The highest BCUT2D eigenvalue weighted by Crippen LogP contribution is 2.26. The molecule has 0 saturated carbocycles. The Morgan fingerprint density at radius 2 is 1.94 bits per heavy atom. The maximum atomic E-state index is 4.69. The third-order valence-corrected chi connectivity index (χ3v) is 3.97. The van der Waals surface area contributed by atoms with Crippen molar-refractivity contribution in [3.05, 3.63) is 40.5 Å². The van der Waals surface area contributed by atoms with E-state index in [1.807, 2.05) is 23.7 Å². The summed E-state index contributed by atoms with van der Waals surface area (Å²) in [5.41, 5.74) is 4.17. The molecule has 0 aliphatic heterocycles. The summed E-state index contributed by atoms with van der Waals surface area (Å²) in [4.78, 5) is 7.21. The Bertz CT molecular complexity index is 694. The van der Waals surface area contributed by atoms with Crippen LogP contribution in [0.1, 0.15) is 16.1 Å². The number of hydrogen-bond acceptors (Lipinski definition) is 3. The van der Waals surface area contributed by atoms with E-state index in [0.29, 0.717) is 0 Å². The van der Waals surface area contributed by atoms with Gasteiger partial charge in [0.05, 0.1) is 16.3 Å². The monoisotopic (exact) mass is 243 g/mol. The normalized spacial score (nSPS) is 11.2. The maximum Gasteiger partial charge on any atom is 0.158 e. The molecule has 0 bridgehead atoms. The van der Waals surface area contributed by atoms with Crippen LogP contribution in [-0.4, -0.2) is 14.6 Å². The van der Waals surface area contributed by atoms with Crippen LogP contribution in [0.3, 0.4) is 0 Å². The topological polar surface area (TPSA) is 30.2 Å². The van der Waals surface area contributed by atoms with Crippen molar-refractivity contribution >= 4 is 17.0 Å². The molecule has 0 aromatic carbocycles. The van der Waals surface area contributed by atoms with E-state index in [9.17, 15) is 0 Å². The summed E-state index contributed by atoms with van der Waals surface area (Å²) >= 11 is 1.77. The van der Waals surface area contributed by atoms with Gasteiger partial charge >= 0.3 is 0 Å². The first kappa shape index (κ1) is 10.5. The predicted molar refractivity (Wildman–Crippen MR) is 70.5 cm³/mol. The second-order valence-corrected chi connectivity index (χ2v) is 5.49. The average Bonchev–Trinajstić information content (AvgIpc) is 2.85. The summed E-state index contributed by atoms with van der Waals surface area (Å²) in [5, 5.41) is 4.41. The molecule has 86 valence electrons. The van der Waals surface area contributed by atoms with Crippen molar-refractivity contribution in [1.82, 2.24) is 14.6 Å². The van der Waals surface area contributed by atoms with E-state index in [1.165, 1.54) is 9.75 Å². The molecule has 3 rings (SSSR count). The Morgan fingerprint density at radius 1 is 1.12 bits per heavy atom. The Labute approximate surface area is 104 Å².